The predicted molar refractivity (Wildman–Crippen MR) is 180 cm³/mol. The summed E-state index contributed by atoms with van der Waals surface area (Å²) in [6.07, 6.45) is 2.39. The second-order valence-corrected chi connectivity index (χ2v) is 14.0. The number of carbonyl (C=O) groups excluding carboxylic acids is 7. The van der Waals surface area contributed by atoms with Crippen LogP contribution in [-0.2, 0) is 38.4 Å². The van der Waals surface area contributed by atoms with E-state index in [1.54, 1.807) is 0 Å². The molecular formula is C31H50N8O10S. The Morgan fingerprint density at radius 2 is 1.30 bits per heavy atom. The van der Waals surface area contributed by atoms with Crippen LogP contribution in [0.1, 0.15) is 65.2 Å². The van der Waals surface area contributed by atoms with Crippen LogP contribution in [0.5, 0.6) is 0 Å². The molecule has 50 heavy (non-hydrogen) atoms. The molecule has 0 saturated carbocycles. The molecule has 3 aliphatic heterocycles. The lowest BCUT2D eigenvalue weighted by atomic mass is 10.1. The van der Waals surface area contributed by atoms with Crippen LogP contribution >= 0.6 is 11.8 Å². The molecule has 0 radical (unpaired) electrons. The summed E-state index contributed by atoms with van der Waals surface area (Å²) in [4.78, 5) is 108. The Morgan fingerprint density at radius 1 is 0.780 bits per heavy atom. The van der Waals surface area contributed by atoms with Gasteiger partial charge in [-0.3, -0.25) is 33.6 Å². The molecule has 3 fully saturated rings. The number of thioether (sulfide) groups is 1. The largest absolute Gasteiger partial charge is 0.480 e. The van der Waals surface area contributed by atoms with Gasteiger partial charge in [0.1, 0.15) is 36.3 Å². The van der Waals surface area contributed by atoms with Crippen LogP contribution in [0.15, 0.2) is 0 Å². The molecule has 0 aromatic heterocycles. The highest BCUT2D eigenvalue weighted by Crippen LogP contribution is 2.29. The van der Waals surface area contributed by atoms with Crippen LogP contribution in [0.3, 0.4) is 0 Å². The molecule has 9 N–H and O–H groups in total. The van der Waals surface area contributed by atoms with Crippen molar-refractivity contribution in [1.29, 1.82) is 0 Å². The van der Waals surface area contributed by atoms with Gasteiger partial charge >= 0.3 is 5.97 Å². The van der Waals surface area contributed by atoms with Gasteiger partial charge in [-0.25, -0.2) is 4.79 Å². The zero-order chi connectivity index (χ0) is 37.3. The molecule has 3 rings (SSSR count). The van der Waals surface area contributed by atoms with Gasteiger partial charge in [0.25, 0.3) is 0 Å². The van der Waals surface area contributed by atoms with Crippen molar-refractivity contribution >= 4 is 59.1 Å². The first-order chi connectivity index (χ1) is 23.6. The second kappa shape index (κ2) is 18.3. The fraction of sp³-hybridized carbons (Fsp3) is 0.742. The van der Waals surface area contributed by atoms with Crippen molar-refractivity contribution in [2.75, 3.05) is 31.6 Å². The van der Waals surface area contributed by atoms with Gasteiger partial charge in [-0.1, -0.05) is 0 Å². The first kappa shape index (κ1) is 40.5. The molecular weight excluding hydrogens is 676 g/mol. The quantitative estimate of drug-likeness (QED) is 0.0831. The molecule has 0 bridgehead atoms. The summed E-state index contributed by atoms with van der Waals surface area (Å²) in [5.41, 5.74) is 10.9. The average molecular weight is 727 g/mol. The predicted octanol–water partition coefficient (Wildman–Crippen LogP) is -3.15. The van der Waals surface area contributed by atoms with Gasteiger partial charge in [0.2, 0.25) is 41.4 Å². The highest BCUT2D eigenvalue weighted by molar-refractivity contribution is 7.98. The lowest BCUT2D eigenvalue weighted by Crippen LogP contribution is -2.61. The normalized spacial score (nSPS) is 23.4. The van der Waals surface area contributed by atoms with Crippen LogP contribution < -0.4 is 27.4 Å². The smallest absolute Gasteiger partial charge is 0.326 e. The number of nitrogens with one attached hydrogen (secondary N) is 3. The number of hydrogen-bond acceptors (Lipinski definition) is 11. The number of nitrogens with two attached hydrogens (primary N) is 2. The molecule has 19 heteroatoms. The van der Waals surface area contributed by atoms with Crippen LogP contribution in [-0.4, -0.2) is 152 Å². The Balaban J connectivity index is 1.75. The molecule has 0 unspecified atom stereocenters. The lowest BCUT2D eigenvalue weighted by molar-refractivity contribution is -0.151. The number of aliphatic hydroxyl groups is 1. The van der Waals surface area contributed by atoms with E-state index in [4.69, 9.17) is 11.5 Å². The monoisotopic (exact) mass is 726 g/mol. The van der Waals surface area contributed by atoms with E-state index in [9.17, 15) is 48.6 Å². The van der Waals surface area contributed by atoms with Crippen molar-refractivity contribution in [2.24, 2.45) is 11.5 Å². The van der Waals surface area contributed by atoms with Gasteiger partial charge in [-0.05, 0) is 70.8 Å². The molecule has 3 heterocycles. The third-order valence-electron chi connectivity index (χ3n) is 9.20. The molecule has 3 aliphatic rings. The van der Waals surface area contributed by atoms with E-state index in [0.29, 0.717) is 37.9 Å². The molecule has 0 aromatic carbocycles. The van der Waals surface area contributed by atoms with Crippen LogP contribution in [0.2, 0.25) is 0 Å². The third kappa shape index (κ3) is 10.1. The zero-order valence-electron chi connectivity index (χ0n) is 28.7. The van der Waals surface area contributed by atoms with Crippen LogP contribution in [0.4, 0.5) is 0 Å². The van der Waals surface area contributed by atoms with Crippen molar-refractivity contribution < 1.29 is 48.6 Å². The highest BCUT2D eigenvalue weighted by Gasteiger charge is 2.47. The maximum Gasteiger partial charge on any atom is 0.326 e. The Morgan fingerprint density at radius 3 is 1.80 bits per heavy atom. The van der Waals surface area contributed by atoms with E-state index < -0.39 is 102 Å². The van der Waals surface area contributed by atoms with Gasteiger partial charge in [-0.15, -0.1) is 0 Å². The van der Waals surface area contributed by atoms with Crippen molar-refractivity contribution in [3.8, 4) is 0 Å². The highest BCUT2D eigenvalue weighted by atomic mass is 32.2. The third-order valence-corrected chi connectivity index (χ3v) is 9.85. The average Bonchev–Trinajstić information content (AvgIpc) is 3.84. The molecule has 18 nitrogen and oxygen atoms in total. The first-order valence-electron chi connectivity index (χ1n) is 16.8. The number of likely N-dealkylation sites (tertiary alicyclic amines) is 3. The first-order valence-corrected chi connectivity index (χ1v) is 18.2. The molecule has 0 aliphatic carbocycles. The maximum absolute atomic E-state index is 14.0. The summed E-state index contributed by atoms with van der Waals surface area (Å²) in [7, 11) is 0. The van der Waals surface area contributed by atoms with Gasteiger partial charge in [-0.2, -0.15) is 11.8 Å². The van der Waals surface area contributed by atoms with Gasteiger partial charge < -0.3 is 52.3 Å². The van der Waals surface area contributed by atoms with E-state index in [-0.39, 0.29) is 32.5 Å². The number of aliphatic carboxylic acids is 1. The van der Waals surface area contributed by atoms with Crippen molar-refractivity contribution in [3.63, 3.8) is 0 Å². The van der Waals surface area contributed by atoms with E-state index in [1.807, 2.05) is 6.26 Å². The van der Waals surface area contributed by atoms with Crippen LogP contribution in [0.25, 0.3) is 0 Å². The van der Waals surface area contributed by atoms with Gasteiger partial charge in [0, 0.05) is 19.6 Å². The summed E-state index contributed by atoms with van der Waals surface area (Å²) >= 11 is 1.45. The van der Waals surface area contributed by atoms with Crippen molar-refractivity contribution in [2.45, 2.75) is 114 Å². The van der Waals surface area contributed by atoms with Crippen molar-refractivity contribution in [1.82, 2.24) is 30.7 Å². The second-order valence-electron chi connectivity index (χ2n) is 13.0. The lowest BCUT2D eigenvalue weighted by Gasteiger charge is -2.35. The number of primary amides is 1. The van der Waals surface area contributed by atoms with Gasteiger partial charge in [0.15, 0.2) is 0 Å². The summed E-state index contributed by atoms with van der Waals surface area (Å²) in [6, 6.07) is -7.93. The minimum atomic E-state index is -1.52. The minimum Gasteiger partial charge on any atom is -0.480 e. The van der Waals surface area contributed by atoms with E-state index >= 15 is 0 Å². The Labute approximate surface area is 294 Å². The Bertz CT molecular complexity index is 1320. The fourth-order valence-corrected chi connectivity index (χ4v) is 7.05. The molecule has 0 spiro atoms. The number of rotatable bonds is 16. The van der Waals surface area contributed by atoms with E-state index in [2.05, 4.69) is 16.0 Å². The number of carboxylic acids is 1. The standard InChI is InChI=1S/C31H50N8O10S/c1-16(32)25(42)36-24(17(2)40)27(44)35-19(15-23(33)41)28(45)38-12-5-8-21(38)30(47)39-13-6-9-22(39)29(46)37-11-4-7-20(37)26(43)34-18(31(48)49)10-14-50-3/h16-22,24,40H,4-15,32H2,1-3H3,(H2,33,41)(H,34,43)(H,35,44)(H,36,42)(H,48,49)/t16-,17+,18-,19-,20-,21-,22-,24-/m0/s1. The molecule has 280 valence electrons. The summed E-state index contributed by atoms with van der Waals surface area (Å²) in [5.74, 6) is -5.54. The minimum absolute atomic E-state index is 0.115. The fourth-order valence-electron chi connectivity index (χ4n) is 6.57. The van der Waals surface area contributed by atoms with E-state index in [1.165, 1.54) is 40.3 Å². The summed E-state index contributed by atoms with van der Waals surface area (Å²) < 4.78 is 0. The van der Waals surface area contributed by atoms with Crippen LogP contribution in [0, 0.1) is 0 Å². The molecule has 7 amide bonds. The number of aliphatic hydroxyl groups excluding tert-OH is 1. The number of hydrogen-bond donors (Lipinski definition) is 7. The van der Waals surface area contributed by atoms with Gasteiger partial charge in [0.05, 0.1) is 18.6 Å². The zero-order valence-corrected chi connectivity index (χ0v) is 29.5. The number of carboxylic acid groups (broad SMARTS) is 1. The molecule has 3 saturated heterocycles. The molecule has 8 atom stereocenters. The Kier molecular flexibility index (Phi) is 14.8. The van der Waals surface area contributed by atoms with E-state index in [0.717, 1.165) is 0 Å². The SMILES string of the molecule is CSCC[C@H](NC(=O)[C@@H]1CCCN1C(=O)[C@@H]1CCCN1C(=O)[C@@H]1CCCN1C(=O)[C@H](CC(N)=O)NC(=O)[C@@H](NC(=O)[C@H](C)N)[C@@H](C)O)C(=O)O. The number of nitrogens with zero attached hydrogens (tertiary/aromatic N) is 3. The number of amides is 7. The Hall–Kier alpha value is -3.97. The topological polar surface area (TPSA) is 275 Å². The number of carbonyl (C=O) groups is 8. The summed E-state index contributed by atoms with van der Waals surface area (Å²) in [5, 5.41) is 27.0. The van der Waals surface area contributed by atoms with Crippen molar-refractivity contribution in [3.05, 3.63) is 0 Å². The maximum atomic E-state index is 14.0. The molecule has 0 aromatic rings. The summed E-state index contributed by atoms with van der Waals surface area (Å²) in [6.45, 7) is 3.23.